The van der Waals surface area contributed by atoms with E-state index in [9.17, 15) is 0 Å². The Morgan fingerprint density at radius 1 is 1.56 bits per heavy atom. The number of rotatable bonds is 6. The average Bonchev–Trinajstić information content (AvgIpc) is 3.11. The highest BCUT2D eigenvalue weighted by Crippen LogP contribution is 2.21. The van der Waals surface area contributed by atoms with Gasteiger partial charge in [-0.05, 0) is 43.9 Å². The Kier molecular flexibility index (Phi) is 3.78. The fraction of sp³-hybridized carbons (Fsp3) is 0.615. The lowest BCUT2D eigenvalue weighted by atomic mass is 10.0. The first-order chi connectivity index (χ1) is 7.79. The van der Waals surface area contributed by atoms with Gasteiger partial charge < -0.3 is 10.1 Å². The van der Waals surface area contributed by atoms with E-state index in [-0.39, 0.29) is 0 Å². The molecule has 1 N–H and O–H groups in total. The smallest absolute Gasteiger partial charge is 0.140 e. The monoisotopic (exact) mass is 220 g/mol. The van der Waals surface area contributed by atoms with Gasteiger partial charge in [0.2, 0.25) is 0 Å². The van der Waals surface area contributed by atoms with Crippen molar-refractivity contribution in [2.45, 2.75) is 32.2 Å². The molecule has 88 valence electrons. The lowest BCUT2D eigenvalue weighted by Crippen LogP contribution is -2.24. The summed E-state index contributed by atoms with van der Waals surface area (Å²) in [5.74, 6) is 1.50. The minimum atomic E-state index is 0.601. The number of nitrogens with one attached hydrogen (secondary N) is 1. The summed E-state index contributed by atoms with van der Waals surface area (Å²) in [6.45, 7) is 3.33. The average molecular weight is 220 g/mol. The van der Waals surface area contributed by atoms with Gasteiger partial charge in [0.15, 0.2) is 0 Å². The number of nitrogens with zero attached hydrogens (tertiary/aromatic N) is 1. The molecule has 1 saturated carbocycles. The van der Waals surface area contributed by atoms with Gasteiger partial charge in [-0.3, -0.25) is 4.98 Å². The summed E-state index contributed by atoms with van der Waals surface area (Å²) in [6, 6.07) is 4.67. The highest BCUT2D eigenvalue weighted by atomic mass is 16.5. The molecule has 1 aromatic heterocycles. The predicted molar refractivity (Wildman–Crippen MR) is 64.7 cm³/mol. The molecule has 0 bridgehead atoms. The molecule has 3 heteroatoms. The number of methoxy groups -OCH3 is 1. The van der Waals surface area contributed by atoms with Gasteiger partial charge in [0, 0.05) is 12.2 Å². The van der Waals surface area contributed by atoms with E-state index < -0.39 is 0 Å². The van der Waals surface area contributed by atoms with Crippen molar-refractivity contribution in [2.75, 3.05) is 13.7 Å². The zero-order valence-corrected chi connectivity index (χ0v) is 10.1. The van der Waals surface area contributed by atoms with E-state index in [2.05, 4.69) is 17.2 Å². The first-order valence-corrected chi connectivity index (χ1v) is 6.01. The second-order valence-electron chi connectivity index (χ2n) is 4.64. The summed E-state index contributed by atoms with van der Waals surface area (Å²) in [5.41, 5.74) is 1.06. The second-order valence-corrected chi connectivity index (χ2v) is 4.64. The van der Waals surface area contributed by atoms with E-state index >= 15 is 0 Å². The molecule has 0 saturated heterocycles. The molecule has 0 amide bonds. The first kappa shape index (κ1) is 11.4. The van der Waals surface area contributed by atoms with E-state index in [0.717, 1.165) is 30.5 Å². The van der Waals surface area contributed by atoms with Crippen LogP contribution in [0.15, 0.2) is 18.3 Å². The molecule has 1 unspecified atom stereocenters. The zero-order chi connectivity index (χ0) is 11.4. The van der Waals surface area contributed by atoms with Crippen molar-refractivity contribution in [3.05, 3.63) is 24.0 Å². The fourth-order valence-corrected chi connectivity index (χ4v) is 1.82. The van der Waals surface area contributed by atoms with Crippen LogP contribution in [0.2, 0.25) is 0 Å². The molecule has 2 rings (SSSR count). The molecule has 1 fully saturated rings. The Hall–Kier alpha value is -1.09. The van der Waals surface area contributed by atoms with Crippen LogP contribution in [0.4, 0.5) is 0 Å². The van der Waals surface area contributed by atoms with Crippen molar-refractivity contribution < 1.29 is 4.74 Å². The molecule has 1 aliphatic rings. The maximum absolute atomic E-state index is 5.30. The number of ether oxygens (including phenoxy) is 1. The van der Waals surface area contributed by atoms with E-state index in [1.165, 1.54) is 12.8 Å². The Bertz CT molecular complexity index is 336. The highest BCUT2D eigenvalue weighted by Gasteiger charge is 2.21. The molecule has 0 spiro atoms. The van der Waals surface area contributed by atoms with Crippen LogP contribution in [0.3, 0.4) is 0 Å². The van der Waals surface area contributed by atoms with Crippen molar-refractivity contribution in [3.63, 3.8) is 0 Å². The number of hydrogen-bond donors (Lipinski definition) is 1. The van der Waals surface area contributed by atoms with Gasteiger partial charge in [0.1, 0.15) is 5.75 Å². The normalized spacial score (nSPS) is 17.1. The van der Waals surface area contributed by atoms with Crippen LogP contribution in [-0.2, 0) is 6.42 Å². The SMILES string of the molecule is COc1cccnc1CC(C)CNC1CC1. The van der Waals surface area contributed by atoms with Crippen LogP contribution in [0.25, 0.3) is 0 Å². The van der Waals surface area contributed by atoms with E-state index in [4.69, 9.17) is 4.74 Å². The Labute approximate surface area is 97.2 Å². The summed E-state index contributed by atoms with van der Waals surface area (Å²) in [5, 5.41) is 3.55. The summed E-state index contributed by atoms with van der Waals surface area (Å²) in [7, 11) is 1.70. The van der Waals surface area contributed by atoms with Crippen molar-refractivity contribution in [2.24, 2.45) is 5.92 Å². The van der Waals surface area contributed by atoms with Gasteiger partial charge >= 0.3 is 0 Å². The molecule has 0 radical (unpaired) electrons. The highest BCUT2D eigenvalue weighted by molar-refractivity contribution is 5.26. The Morgan fingerprint density at radius 2 is 2.38 bits per heavy atom. The fourth-order valence-electron chi connectivity index (χ4n) is 1.82. The van der Waals surface area contributed by atoms with Gasteiger partial charge in [-0.2, -0.15) is 0 Å². The third-order valence-electron chi connectivity index (χ3n) is 2.94. The lowest BCUT2D eigenvalue weighted by Gasteiger charge is -2.13. The van der Waals surface area contributed by atoms with Crippen molar-refractivity contribution >= 4 is 0 Å². The Morgan fingerprint density at radius 3 is 3.06 bits per heavy atom. The van der Waals surface area contributed by atoms with Gasteiger partial charge in [0.05, 0.1) is 12.8 Å². The van der Waals surface area contributed by atoms with Crippen LogP contribution in [-0.4, -0.2) is 24.7 Å². The quantitative estimate of drug-likeness (QED) is 0.796. The maximum atomic E-state index is 5.30. The number of pyridine rings is 1. The third-order valence-corrected chi connectivity index (χ3v) is 2.94. The number of hydrogen-bond acceptors (Lipinski definition) is 3. The molecule has 3 nitrogen and oxygen atoms in total. The van der Waals surface area contributed by atoms with Gasteiger partial charge in [0.25, 0.3) is 0 Å². The molecule has 0 aliphatic heterocycles. The van der Waals surface area contributed by atoms with Gasteiger partial charge in [-0.25, -0.2) is 0 Å². The number of aromatic nitrogens is 1. The van der Waals surface area contributed by atoms with Gasteiger partial charge in [-0.1, -0.05) is 6.92 Å². The first-order valence-electron chi connectivity index (χ1n) is 6.01. The van der Waals surface area contributed by atoms with E-state index in [0.29, 0.717) is 5.92 Å². The maximum Gasteiger partial charge on any atom is 0.140 e. The van der Waals surface area contributed by atoms with E-state index in [1.807, 2.05) is 18.3 Å². The molecule has 16 heavy (non-hydrogen) atoms. The van der Waals surface area contributed by atoms with Crippen LogP contribution >= 0.6 is 0 Å². The molecular formula is C13H20N2O. The standard InChI is InChI=1S/C13H20N2O/c1-10(9-15-11-5-6-11)8-12-13(16-2)4-3-7-14-12/h3-4,7,10-11,15H,5-6,8-9H2,1-2H3. The summed E-state index contributed by atoms with van der Waals surface area (Å²) >= 11 is 0. The third kappa shape index (κ3) is 3.20. The summed E-state index contributed by atoms with van der Waals surface area (Å²) in [4.78, 5) is 4.38. The topological polar surface area (TPSA) is 34.1 Å². The van der Waals surface area contributed by atoms with Crippen LogP contribution in [0.1, 0.15) is 25.5 Å². The lowest BCUT2D eigenvalue weighted by molar-refractivity contribution is 0.400. The van der Waals surface area contributed by atoms with Crippen LogP contribution in [0.5, 0.6) is 5.75 Å². The minimum absolute atomic E-state index is 0.601. The van der Waals surface area contributed by atoms with Crippen molar-refractivity contribution in [1.29, 1.82) is 0 Å². The predicted octanol–water partition coefficient (Wildman–Crippen LogP) is 2.02. The minimum Gasteiger partial charge on any atom is -0.495 e. The zero-order valence-electron chi connectivity index (χ0n) is 10.1. The van der Waals surface area contributed by atoms with Crippen LogP contribution in [0, 0.1) is 5.92 Å². The molecule has 0 aromatic carbocycles. The van der Waals surface area contributed by atoms with E-state index in [1.54, 1.807) is 7.11 Å². The Balaban J connectivity index is 1.85. The van der Waals surface area contributed by atoms with Crippen LogP contribution < -0.4 is 10.1 Å². The van der Waals surface area contributed by atoms with Crippen molar-refractivity contribution in [1.82, 2.24) is 10.3 Å². The molecular weight excluding hydrogens is 200 g/mol. The van der Waals surface area contributed by atoms with Gasteiger partial charge in [-0.15, -0.1) is 0 Å². The molecule has 1 aromatic rings. The second kappa shape index (κ2) is 5.30. The summed E-state index contributed by atoms with van der Waals surface area (Å²) in [6.07, 6.45) is 5.50. The molecule has 1 atom stereocenters. The molecule has 1 heterocycles. The summed E-state index contributed by atoms with van der Waals surface area (Å²) < 4.78 is 5.30. The van der Waals surface area contributed by atoms with Crippen molar-refractivity contribution in [3.8, 4) is 5.75 Å². The largest absolute Gasteiger partial charge is 0.495 e. The molecule has 1 aliphatic carbocycles.